The fourth-order valence-corrected chi connectivity index (χ4v) is 4.98. The quantitative estimate of drug-likeness (QED) is 0.588. The number of fused-ring (bicyclic) bond motifs is 2. The average molecular weight is 367 g/mol. The van der Waals surface area contributed by atoms with Gasteiger partial charge in [-0.15, -0.1) is 22.7 Å². The number of H-pyrrole nitrogens is 1. The fourth-order valence-electron chi connectivity index (χ4n) is 3.25. The van der Waals surface area contributed by atoms with Crippen LogP contribution in [0.25, 0.3) is 20.7 Å². The Balaban J connectivity index is 1.66. The lowest BCUT2D eigenvalue weighted by molar-refractivity contribution is 0.849. The van der Waals surface area contributed by atoms with Crippen LogP contribution in [0.5, 0.6) is 0 Å². The molecule has 0 spiro atoms. The number of anilines is 1. The lowest BCUT2D eigenvalue weighted by Crippen LogP contribution is -2.19. The molecule has 5 rings (SSSR count). The summed E-state index contributed by atoms with van der Waals surface area (Å²) in [4.78, 5) is 32.8. The minimum absolute atomic E-state index is 0.0564. The van der Waals surface area contributed by atoms with Gasteiger partial charge >= 0.3 is 0 Å². The maximum absolute atomic E-state index is 12.2. The van der Waals surface area contributed by atoms with Crippen molar-refractivity contribution in [3.8, 4) is 10.4 Å². The van der Waals surface area contributed by atoms with E-state index < -0.39 is 0 Å². The number of thiophene rings is 2. The molecule has 1 N–H and O–H groups in total. The summed E-state index contributed by atoms with van der Waals surface area (Å²) in [5.41, 5.74) is 2.66. The normalized spacial score (nSPS) is 13.6. The van der Waals surface area contributed by atoms with Crippen LogP contribution in [0.4, 0.5) is 5.82 Å². The number of nitrogens with zero attached hydrogens (tertiary/aromatic N) is 4. The molecule has 1 aliphatic heterocycles. The zero-order valence-corrected chi connectivity index (χ0v) is 14.9. The van der Waals surface area contributed by atoms with Crippen molar-refractivity contribution in [3.05, 3.63) is 56.7 Å². The number of rotatable bonds is 2. The highest BCUT2D eigenvalue weighted by Gasteiger charge is 2.27. The van der Waals surface area contributed by atoms with Crippen molar-refractivity contribution in [2.75, 3.05) is 4.90 Å². The van der Waals surface area contributed by atoms with E-state index in [9.17, 15) is 4.79 Å². The van der Waals surface area contributed by atoms with E-state index in [-0.39, 0.29) is 5.56 Å². The summed E-state index contributed by atoms with van der Waals surface area (Å²) >= 11 is 3.32. The second-order valence-electron chi connectivity index (χ2n) is 5.94. The van der Waals surface area contributed by atoms with Crippen molar-refractivity contribution in [1.29, 1.82) is 0 Å². The van der Waals surface area contributed by atoms with Crippen molar-refractivity contribution in [2.45, 2.75) is 20.0 Å². The van der Waals surface area contributed by atoms with Gasteiger partial charge in [-0.3, -0.25) is 4.79 Å². The third kappa shape index (κ3) is 2.29. The lowest BCUT2D eigenvalue weighted by atomic mass is 10.2. The minimum atomic E-state index is -0.0564. The summed E-state index contributed by atoms with van der Waals surface area (Å²) in [5.74, 6) is 1.51. The van der Waals surface area contributed by atoms with Gasteiger partial charge in [-0.2, -0.15) is 0 Å². The molecule has 0 saturated carbocycles. The highest BCUT2D eigenvalue weighted by atomic mass is 32.1. The molecule has 0 fully saturated rings. The van der Waals surface area contributed by atoms with E-state index in [1.54, 1.807) is 35.9 Å². The summed E-state index contributed by atoms with van der Waals surface area (Å²) in [7, 11) is 0. The van der Waals surface area contributed by atoms with Crippen molar-refractivity contribution in [3.63, 3.8) is 0 Å². The highest BCUT2D eigenvalue weighted by molar-refractivity contribution is 7.18. The molecule has 0 unspecified atom stereocenters. The lowest BCUT2D eigenvalue weighted by Gasteiger charge is -2.17. The molecular formula is C17H13N5OS2. The Kier molecular flexibility index (Phi) is 3.22. The summed E-state index contributed by atoms with van der Waals surface area (Å²) in [6, 6.07) is 4.15. The Morgan fingerprint density at radius 3 is 3.00 bits per heavy atom. The molecule has 0 aromatic carbocycles. The molecule has 25 heavy (non-hydrogen) atoms. The second kappa shape index (κ2) is 5.47. The molecule has 1 aliphatic rings. The maximum atomic E-state index is 12.2. The molecule has 4 aromatic rings. The van der Waals surface area contributed by atoms with E-state index in [2.05, 4.69) is 41.7 Å². The van der Waals surface area contributed by atoms with E-state index in [1.807, 2.05) is 6.07 Å². The zero-order valence-electron chi connectivity index (χ0n) is 13.3. The van der Waals surface area contributed by atoms with Gasteiger partial charge in [-0.05, 0) is 18.4 Å². The number of aromatic nitrogens is 4. The minimum Gasteiger partial charge on any atom is -0.345 e. The number of aryl methyl sites for hydroxylation is 1. The van der Waals surface area contributed by atoms with E-state index in [1.165, 1.54) is 4.88 Å². The highest BCUT2D eigenvalue weighted by Crippen LogP contribution is 2.40. The smallest absolute Gasteiger partial charge is 0.256 e. The van der Waals surface area contributed by atoms with Gasteiger partial charge in [0.05, 0.1) is 29.7 Å². The molecule has 0 atom stereocenters. The largest absolute Gasteiger partial charge is 0.345 e. The first-order chi connectivity index (χ1) is 12.2. The molecule has 5 heterocycles. The van der Waals surface area contributed by atoms with Gasteiger partial charge < -0.3 is 9.88 Å². The van der Waals surface area contributed by atoms with Gasteiger partial charge in [0, 0.05) is 15.8 Å². The van der Waals surface area contributed by atoms with E-state index in [0.717, 1.165) is 32.9 Å². The summed E-state index contributed by atoms with van der Waals surface area (Å²) in [5, 5.41) is 5.25. The van der Waals surface area contributed by atoms with Crippen LogP contribution in [0.1, 0.15) is 17.1 Å². The SMILES string of the molecule is Cc1nc2c(c(=O)[nH]1)CN(c1ncnc3scc(-c4cccs4)c13)C2. The number of hydrogen-bond acceptors (Lipinski definition) is 7. The third-order valence-corrected chi connectivity index (χ3v) is 6.14. The molecule has 0 bridgehead atoms. The first-order valence-corrected chi connectivity index (χ1v) is 9.56. The van der Waals surface area contributed by atoms with E-state index >= 15 is 0 Å². The monoisotopic (exact) mass is 367 g/mol. The Morgan fingerprint density at radius 2 is 2.16 bits per heavy atom. The van der Waals surface area contributed by atoms with Crippen molar-refractivity contribution in [2.24, 2.45) is 0 Å². The predicted octanol–water partition coefficient (Wildman–Crippen LogP) is 3.33. The van der Waals surface area contributed by atoms with Crippen molar-refractivity contribution in [1.82, 2.24) is 19.9 Å². The van der Waals surface area contributed by atoms with Gasteiger partial charge in [0.2, 0.25) is 0 Å². The van der Waals surface area contributed by atoms with Crippen LogP contribution < -0.4 is 10.5 Å². The Hall–Kier alpha value is -2.58. The Labute approximate surface area is 150 Å². The van der Waals surface area contributed by atoms with Gasteiger partial charge in [0.1, 0.15) is 22.8 Å². The molecule has 0 saturated heterocycles. The topological polar surface area (TPSA) is 74.8 Å². The molecule has 0 amide bonds. The zero-order chi connectivity index (χ0) is 17.0. The molecule has 0 radical (unpaired) electrons. The Morgan fingerprint density at radius 1 is 1.24 bits per heavy atom. The number of aromatic amines is 1. The third-order valence-electron chi connectivity index (χ3n) is 4.35. The van der Waals surface area contributed by atoms with E-state index in [0.29, 0.717) is 18.9 Å². The van der Waals surface area contributed by atoms with Crippen LogP contribution in [0.3, 0.4) is 0 Å². The van der Waals surface area contributed by atoms with Gasteiger partial charge in [0.15, 0.2) is 0 Å². The molecule has 8 heteroatoms. The first kappa shape index (κ1) is 14.7. The van der Waals surface area contributed by atoms with Crippen LogP contribution >= 0.6 is 22.7 Å². The van der Waals surface area contributed by atoms with Crippen LogP contribution in [-0.4, -0.2) is 19.9 Å². The molecule has 0 aliphatic carbocycles. The van der Waals surface area contributed by atoms with Gasteiger partial charge in [0.25, 0.3) is 5.56 Å². The summed E-state index contributed by atoms with van der Waals surface area (Å²) in [6.07, 6.45) is 1.60. The predicted molar refractivity (Wildman–Crippen MR) is 100 cm³/mol. The molecule has 124 valence electrons. The van der Waals surface area contributed by atoms with Crippen LogP contribution in [0, 0.1) is 6.92 Å². The van der Waals surface area contributed by atoms with Crippen LogP contribution in [0.15, 0.2) is 34.0 Å². The van der Waals surface area contributed by atoms with Crippen molar-refractivity contribution >= 4 is 38.7 Å². The molecular weight excluding hydrogens is 354 g/mol. The second-order valence-corrected chi connectivity index (χ2v) is 7.74. The first-order valence-electron chi connectivity index (χ1n) is 7.80. The van der Waals surface area contributed by atoms with Gasteiger partial charge in [-0.1, -0.05) is 6.07 Å². The van der Waals surface area contributed by atoms with E-state index in [4.69, 9.17) is 0 Å². The van der Waals surface area contributed by atoms with Crippen molar-refractivity contribution < 1.29 is 0 Å². The molecule has 6 nitrogen and oxygen atoms in total. The number of nitrogens with one attached hydrogen (secondary N) is 1. The number of hydrogen-bond donors (Lipinski definition) is 1. The summed E-state index contributed by atoms with van der Waals surface area (Å²) in [6.45, 7) is 2.91. The standard InChI is InChI=1S/C17H13N5OS2/c1-9-20-12-6-22(5-10(12)16(23)21-9)15-14-11(13-3-2-4-24-13)7-25-17(14)19-8-18-15/h2-4,7-8H,5-6H2,1H3,(H,20,21,23). The Bertz CT molecular complexity index is 1150. The fraction of sp³-hybridized carbons (Fsp3) is 0.176. The van der Waals surface area contributed by atoms with Gasteiger partial charge in [-0.25, -0.2) is 15.0 Å². The summed E-state index contributed by atoms with van der Waals surface area (Å²) < 4.78 is 0. The molecule has 4 aromatic heterocycles. The van der Waals surface area contributed by atoms with Crippen LogP contribution in [0.2, 0.25) is 0 Å². The maximum Gasteiger partial charge on any atom is 0.256 e. The average Bonchev–Trinajstić information content (AvgIpc) is 3.32. The van der Waals surface area contributed by atoms with Crippen LogP contribution in [-0.2, 0) is 13.1 Å².